The van der Waals surface area contributed by atoms with Crippen molar-refractivity contribution in [1.82, 2.24) is 5.43 Å². The number of hydrogen-bond donors (Lipinski definition) is 3. The maximum absolute atomic E-state index is 12.2. The number of hydrogen-bond acceptors (Lipinski definition) is 5. The molecule has 8 nitrogen and oxygen atoms in total. The fraction of sp³-hybridized carbons (Fsp3) is 0.154. The summed E-state index contributed by atoms with van der Waals surface area (Å²) in [6.07, 6.45) is 2.22. The summed E-state index contributed by atoms with van der Waals surface area (Å²) < 4.78 is 5.60. The van der Waals surface area contributed by atoms with Gasteiger partial charge in [-0.15, -0.1) is 0 Å². The van der Waals surface area contributed by atoms with Gasteiger partial charge in [0.1, 0.15) is 5.75 Å². The summed E-state index contributed by atoms with van der Waals surface area (Å²) in [7, 11) is 0. The molecule has 8 heteroatoms. The summed E-state index contributed by atoms with van der Waals surface area (Å²) in [6, 6.07) is 21.5. The van der Waals surface area contributed by atoms with Gasteiger partial charge < -0.3 is 15.4 Å². The smallest absolute Gasteiger partial charge is 0.329 e. The monoisotopic (exact) mass is 458 g/mol. The van der Waals surface area contributed by atoms with Crippen molar-refractivity contribution in [3.8, 4) is 5.75 Å². The molecule has 0 aliphatic heterocycles. The minimum absolute atomic E-state index is 0.204. The zero-order valence-electron chi connectivity index (χ0n) is 19.0. The molecule has 0 atom stereocenters. The van der Waals surface area contributed by atoms with Crippen molar-refractivity contribution in [3.05, 3.63) is 89.5 Å². The van der Waals surface area contributed by atoms with Crippen LogP contribution in [0.5, 0.6) is 5.75 Å². The lowest BCUT2D eigenvalue weighted by molar-refractivity contribution is -0.136. The molecule has 3 aromatic rings. The van der Waals surface area contributed by atoms with Gasteiger partial charge in [-0.3, -0.25) is 14.4 Å². The number of rotatable bonds is 8. The first-order valence-electron chi connectivity index (χ1n) is 10.8. The van der Waals surface area contributed by atoms with Gasteiger partial charge in [-0.2, -0.15) is 5.10 Å². The topological polar surface area (TPSA) is 109 Å². The first kappa shape index (κ1) is 24.2. The third-order valence-corrected chi connectivity index (χ3v) is 4.81. The highest BCUT2D eigenvalue weighted by atomic mass is 16.5. The second-order valence-corrected chi connectivity index (χ2v) is 7.44. The largest absolute Gasteiger partial charge is 0.483 e. The van der Waals surface area contributed by atoms with Gasteiger partial charge in [0.05, 0.1) is 6.21 Å². The zero-order valence-corrected chi connectivity index (χ0v) is 19.0. The summed E-state index contributed by atoms with van der Waals surface area (Å²) >= 11 is 0. The molecule has 34 heavy (non-hydrogen) atoms. The first-order valence-corrected chi connectivity index (χ1v) is 10.8. The van der Waals surface area contributed by atoms with Crippen LogP contribution in [0.2, 0.25) is 0 Å². The van der Waals surface area contributed by atoms with Crippen LogP contribution in [0.15, 0.2) is 77.9 Å². The van der Waals surface area contributed by atoms with E-state index in [0.717, 1.165) is 17.5 Å². The minimum atomic E-state index is -0.910. The van der Waals surface area contributed by atoms with Crippen molar-refractivity contribution < 1.29 is 19.1 Å². The summed E-state index contributed by atoms with van der Waals surface area (Å²) in [5.74, 6) is -1.65. The van der Waals surface area contributed by atoms with Crippen molar-refractivity contribution in [3.63, 3.8) is 0 Å². The third-order valence-electron chi connectivity index (χ3n) is 4.81. The second kappa shape index (κ2) is 12.0. The molecule has 0 aliphatic rings. The summed E-state index contributed by atoms with van der Waals surface area (Å²) in [5.41, 5.74) is 6.13. The van der Waals surface area contributed by atoms with Gasteiger partial charge in [0.25, 0.3) is 5.91 Å². The lowest BCUT2D eigenvalue weighted by Gasteiger charge is -2.10. The number of amides is 3. The number of nitrogens with zero attached hydrogens (tertiary/aromatic N) is 1. The van der Waals surface area contributed by atoms with Gasteiger partial charge in [-0.1, -0.05) is 48.9 Å². The van der Waals surface area contributed by atoms with E-state index in [1.165, 1.54) is 6.21 Å². The highest BCUT2D eigenvalue weighted by molar-refractivity contribution is 6.39. The van der Waals surface area contributed by atoms with E-state index in [-0.39, 0.29) is 12.5 Å². The van der Waals surface area contributed by atoms with Crippen molar-refractivity contribution in [2.75, 3.05) is 17.2 Å². The predicted molar refractivity (Wildman–Crippen MR) is 132 cm³/mol. The van der Waals surface area contributed by atoms with Crippen LogP contribution in [0.25, 0.3) is 0 Å². The van der Waals surface area contributed by atoms with E-state index in [1.807, 2.05) is 50.2 Å². The Morgan fingerprint density at radius 3 is 2.21 bits per heavy atom. The van der Waals surface area contributed by atoms with Crippen molar-refractivity contribution in [2.24, 2.45) is 5.10 Å². The standard InChI is InChI=1S/C26H26N4O4/c1-3-19-10-14-22(15-11-19)29-25(32)26(33)30-27-16-20-6-4-5-7-23(20)34-17-24(31)28-21-12-8-18(2)9-13-21/h4-16H,3,17H2,1-2H3,(H,28,31)(H,29,32)(H,30,33)/b27-16-. The van der Waals surface area contributed by atoms with E-state index < -0.39 is 11.8 Å². The number of carbonyl (C=O) groups is 3. The Morgan fingerprint density at radius 1 is 0.853 bits per heavy atom. The fourth-order valence-corrected chi connectivity index (χ4v) is 2.92. The van der Waals surface area contributed by atoms with Gasteiger partial charge in [-0.05, 0) is 55.3 Å². The van der Waals surface area contributed by atoms with E-state index in [4.69, 9.17) is 4.74 Å². The average Bonchev–Trinajstić information content (AvgIpc) is 2.85. The number of aryl methyl sites for hydroxylation is 2. The Bertz CT molecular complexity index is 1170. The molecule has 0 unspecified atom stereocenters. The minimum Gasteiger partial charge on any atom is -0.483 e. The Hall–Kier alpha value is -4.46. The van der Waals surface area contributed by atoms with Crippen molar-refractivity contribution >= 4 is 35.3 Å². The highest BCUT2D eigenvalue weighted by Gasteiger charge is 2.13. The summed E-state index contributed by atoms with van der Waals surface area (Å²) in [6.45, 7) is 3.79. The number of nitrogens with one attached hydrogen (secondary N) is 3. The van der Waals surface area contributed by atoms with E-state index >= 15 is 0 Å². The second-order valence-electron chi connectivity index (χ2n) is 7.44. The first-order chi connectivity index (χ1) is 16.4. The molecule has 174 valence electrons. The van der Waals surface area contributed by atoms with Crippen molar-refractivity contribution in [2.45, 2.75) is 20.3 Å². The SMILES string of the molecule is CCc1ccc(NC(=O)C(=O)N/N=C\c2ccccc2OCC(=O)Nc2ccc(C)cc2)cc1. The Balaban J connectivity index is 1.51. The molecule has 0 saturated heterocycles. The van der Waals surface area contributed by atoms with Crippen LogP contribution in [0.4, 0.5) is 11.4 Å². The Labute approximate surface area is 198 Å². The number of benzene rings is 3. The zero-order chi connectivity index (χ0) is 24.3. The van der Waals surface area contributed by atoms with Gasteiger partial charge >= 0.3 is 11.8 Å². The molecular weight excluding hydrogens is 432 g/mol. The van der Waals surface area contributed by atoms with E-state index in [2.05, 4.69) is 21.2 Å². The lowest BCUT2D eigenvalue weighted by Crippen LogP contribution is -2.32. The maximum atomic E-state index is 12.2. The lowest BCUT2D eigenvalue weighted by atomic mass is 10.1. The van der Waals surface area contributed by atoms with Gasteiger partial charge in [0, 0.05) is 16.9 Å². The molecule has 3 aromatic carbocycles. The van der Waals surface area contributed by atoms with Gasteiger partial charge in [-0.25, -0.2) is 5.43 Å². The average molecular weight is 459 g/mol. The quantitative estimate of drug-likeness (QED) is 0.272. The third kappa shape index (κ3) is 7.30. The van der Waals surface area contributed by atoms with Gasteiger partial charge in [0.2, 0.25) is 0 Å². The van der Waals surface area contributed by atoms with Crippen LogP contribution < -0.4 is 20.8 Å². The maximum Gasteiger partial charge on any atom is 0.329 e. The Kier molecular flexibility index (Phi) is 8.51. The number of anilines is 2. The van der Waals surface area contributed by atoms with Crippen LogP contribution in [0.3, 0.4) is 0 Å². The molecule has 3 amide bonds. The van der Waals surface area contributed by atoms with E-state index in [0.29, 0.717) is 22.7 Å². The molecular formula is C26H26N4O4. The normalized spacial score (nSPS) is 10.5. The summed E-state index contributed by atoms with van der Waals surface area (Å²) in [4.78, 5) is 36.3. The Morgan fingerprint density at radius 2 is 1.50 bits per heavy atom. The van der Waals surface area contributed by atoms with Crippen LogP contribution >= 0.6 is 0 Å². The van der Waals surface area contributed by atoms with Crippen LogP contribution in [-0.2, 0) is 20.8 Å². The molecule has 0 bridgehead atoms. The van der Waals surface area contributed by atoms with Crippen LogP contribution in [-0.4, -0.2) is 30.5 Å². The van der Waals surface area contributed by atoms with Crippen molar-refractivity contribution in [1.29, 1.82) is 0 Å². The fourth-order valence-electron chi connectivity index (χ4n) is 2.92. The molecule has 0 aromatic heterocycles. The highest BCUT2D eigenvalue weighted by Crippen LogP contribution is 2.16. The summed E-state index contributed by atoms with van der Waals surface area (Å²) in [5, 5.41) is 9.10. The molecule has 0 saturated carbocycles. The molecule has 0 radical (unpaired) electrons. The number of hydrazone groups is 1. The molecule has 0 spiro atoms. The van der Waals surface area contributed by atoms with Crippen LogP contribution in [0, 0.1) is 6.92 Å². The van der Waals surface area contributed by atoms with E-state index in [1.54, 1.807) is 36.4 Å². The molecule has 0 heterocycles. The number of ether oxygens (including phenoxy) is 1. The number of para-hydroxylation sites is 1. The van der Waals surface area contributed by atoms with Gasteiger partial charge in [0.15, 0.2) is 6.61 Å². The van der Waals surface area contributed by atoms with E-state index in [9.17, 15) is 14.4 Å². The molecule has 3 N–H and O–H groups in total. The number of carbonyl (C=O) groups excluding carboxylic acids is 3. The molecule has 3 rings (SSSR count). The molecule has 0 aliphatic carbocycles. The van der Waals surface area contributed by atoms with Crippen LogP contribution in [0.1, 0.15) is 23.6 Å². The predicted octanol–water partition coefficient (Wildman–Crippen LogP) is 3.66. The molecule has 0 fully saturated rings.